The lowest BCUT2D eigenvalue weighted by Crippen LogP contribution is -2.46. The van der Waals surface area contributed by atoms with Crippen LogP contribution in [-0.2, 0) is 19.0 Å². The highest BCUT2D eigenvalue weighted by Gasteiger charge is 2.40. The Morgan fingerprint density at radius 3 is 2.61 bits per heavy atom. The number of carbonyl (C=O) groups excluding carboxylic acids is 1. The number of hydrogen-bond acceptors (Lipinski definition) is 4. The number of ether oxygens (including phenoxy) is 3. The van der Waals surface area contributed by atoms with E-state index in [0.717, 1.165) is 25.7 Å². The summed E-state index contributed by atoms with van der Waals surface area (Å²) in [7, 11) is 0. The molecule has 0 aromatic carbocycles. The third kappa shape index (κ3) is 2.69. The zero-order chi connectivity index (χ0) is 12.5. The molecule has 4 heteroatoms. The number of rotatable bonds is 3. The molecule has 0 aromatic heterocycles. The summed E-state index contributed by atoms with van der Waals surface area (Å²) < 4.78 is 16.5. The first-order valence-electron chi connectivity index (χ1n) is 7.14. The van der Waals surface area contributed by atoms with Crippen molar-refractivity contribution in [3.63, 3.8) is 0 Å². The molecule has 4 unspecified atom stereocenters. The van der Waals surface area contributed by atoms with Crippen LogP contribution in [0.2, 0.25) is 0 Å². The lowest BCUT2D eigenvalue weighted by atomic mass is 9.81. The molecule has 0 radical (unpaired) electrons. The summed E-state index contributed by atoms with van der Waals surface area (Å²) in [6.07, 6.45) is 6.02. The predicted molar refractivity (Wildman–Crippen MR) is 65.1 cm³/mol. The second-order valence-corrected chi connectivity index (χ2v) is 5.99. The molecule has 4 atom stereocenters. The Balaban J connectivity index is 1.41. The largest absolute Gasteiger partial charge is 0.465 e. The first kappa shape index (κ1) is 12.4. The Morgan fingerprint density at radius 2 is 1.94 bits per heavy atom. The number of fused-ring (bicyclic) bond motifs is 2. The van der Waals surface area contributed by atoms with Crippen molar-refractivity contribution < 1.29 is 19.0 Å². The summed E-state index contributed by atoms with van der Waals surface area (Å²) in [5, 5.41) is 0. The smallest absolute Gasteiger partial charge is 0.309 e. The molecule has 2 bridgehead atoms. The van der Waals surface area contributed by atoms with Crippen molar-refractivity contribution in [1.82, 2.24) is 0 Å². The molecule has 0 aromatic rings. The van der Waals surface area contributed by atoms with E-state index >= 15 is 0 Å². The number of esters is 1. The fourth-order valence-corrected chi connectivity index (χ4v) is 3.36. The van der Waals surface area contributed by atoms with Crippen molar-refractivity contribution in [3.8, 4) is 0 Å². The van der Waals surface area contributed by atoms with E-state index in [1.165, 1.54) is 6.42 Å². The van der Waals surface area contributed by atoms with Crippen LogP contribution >= 0.6 is 0 Å². The molecule has 1 aliphatic carbocycles. The maximum atomic E-state index is 12.0. The second-order valence-electron chi connectivity index (χ2n) is 5.99. The lowest BCUT2D eigenvalue weighted by Gasteiger charge is -2.45. The highest BCUT2D eigenvalue weighted by atomic mass is 16.5. The minimum Gasteiger partial charge on any atom is -0.465 e. The van der Waals surface area contributed by atoms with E-state index in [1.807, 2.05) is 6.92 Å². The van der Waals surface area contributed by atoms with Crippen LogP contribution in [0.1, 0.15) is 39.0 Å². The molecule has 0 amide bonds. The zero-order valence-corrected chi connectivity index (χ0v) is 11.0. The number of carbonyl (C=O) groups is 1. The molecule has 1 saturated carbocycles. The average Bonchev–Trinajstić information content (AvgIpc) is 2.35. The molecule has 4 fully saturated rings. The summed E-state index contributed by atoms with van der Waals surface area (Å²) in [6.45, 7) is 3.29. The van der Waals surface area contributed by atoms with Crippen LogP contribution in [-0.4, -0.2) is 37.5 Å². The van der Waals surface area contributed by atoms with Crippen LogP contribution in [0.15, 0.2) is 0 Å². The lowest BCUT2D eigenvalue weighted by molar-refractivity contribution is -0.184. The highest BCUT2D eigenvalue weighted by molar-refractivity contribution is 5.72. The van der Waals surface area contributed by atoms with Crippen molar-refractivity contribution in [2.75, 3.05) is 13.2 Å². The van der Waals surface area contributed by atoms with Gasteiger partial charge in [0.15, 0.2) is 0 Å². The van der Waals surface area contributed by atoms with E-state index in [9.17, 15) is 4.79 Å². The summed E-state index contributed by atoms with van der Waals surface area (Å²) in [6, 6.07) is 0. The standard InChI is InChI=1S/C14H22O4/c1-9-4-11(2-3-16-9)14(15)17-8-10-5-12-7-13(6-10)18-12/h9-13H,2-8H2,1H3. The fraction of sp³-hybridized carbons (Fsp3) is 0.929. The molecule has 4 nitrogen and oxygen atoms in total. The van der Waals surface area contributed by atoms with Gasteiger partial charge >= 0.3 is 5.97 Å². The molecule has 3 heterocycles. The molecular formula is C14H22O4. The van der Waals surface area contributed by atoms with Gasteiger partial charge in [-0.1, -0.05) is 0 Å². The Hall–Kier alpha value is -0.610. The van der Waals surface area contributed by atoms with Crippen LogP contribution < -0.4 is 0 Å². The minimum absolute atomic E-state index is 0.0229. The molecular weight excluding hydrogens is 232 g/mol. The van der Waals surface area contributed by atoms with Crippen molar-refractivity contribution in [2.24, 2.45) is 11.8 Å². The van der Waals surface area contributed by atoms with Gasteiger partial charge in [-0.3, -0.25) is 4.79 Å². The predicted octanol–water partition coefficient (Wildman–Crippen LogP) is 1.91. The molecule has 3 aliphatic heterocycles. The van der Waals surface area contributed by atoms with Crippen molar-refractivity contribution in [1.29, 1.82) is 0 Å². The average molecular weight is 254 g/mol. The van der Waals surface area contributed by atoms with Crippen LogP contribution in [0, 0.1) is 11.8 Å². The molecule has 18 heavy (non-hydrogen) atoms. The van der Waals surface area contributed by atoms with E-state index < -0.39 is 0 Å². The van der Waals surface area contributed by atoms with Gasteiger partial charge in [0.05, 0.1) is 30.8 Å². The van der Waals surface area contributed by atoms with E-state index in [-0.39, 0.29) is 18.0 Å². The van der Waals surface area contributed by atoms with Crippen molar-refractivity contribution in [2.45, 2.75) is 57.3 Å². The summed E-state index contributed by atoms with van der Waals surface area (Å²) in [4.78, 5) is 12.0. The third-order valence-corrected chi connectivity index (χ3v) is 4.38. The van der Waals surface area contributed by atoms with Gasteiger partial charge in [-0.2, -0.15) is 0 Å². The van der Waals surface area contributed by atoms with E-state index in [1.54, 1.807) is 0 Å². The second kappa shape index (κ2) is 5.17. The van der Waals surface area contributed by atoms with Gasteiger partial charge in [-0.25, -0.2) is 0 Å². The van der Waals surface area contributed by atoms with Crippen LogP contribution in [0.5, 0.6) is 0 Å². The van der Waals surface area contributed by atoms with Crippen molar-refractivity contribution >= 4 is 5.97 Å². The molecule has 0 N–H and O–H groups in total. The van der Waals surface area contributed by atoms with Gasteiger partial charge in [-0.05, 0) is 44.9 Å². The Bertz CT molecular complexity index is 301. The van der Waals surface area contributed by atoms with E-state index in [2.05, 4.69) is 0 Å². The first-order valence-corrected chi connectivity index (χ1v) is 7.14. The highest BCUT2D eigenvalue weighted by Crippen LogP contribution is 2.38. The van der Waals surface area contributed by atoms with Crippen LogP contribution in [0.3, 0.4) is 0 Å². The summed E-state index contributed by atoms with van der Waals surface area (Å²) in [5.41, 5.74) is 0. The zero-order valence-electron chi connectivity index (χ0n) is 11.0. The Kier molecular flexibility index (Phi) is 3.57. The topological polar surface area (TPSA) is 44.8 Å². The quantitative estimate of drug-likeness (QED) is 0.722. The van der Waals surface area contributed by atoms with Gasteiger partial charge in [-0.15, -0.1) is 0 Å². The Morgan fingerprint density at radius 1 is 1.22 bits per heavy atom. The van der Waals surface area contributed by atoms with Gasteiger partial charge in [0, 0.05) is 6.61 Å². The molecule has 4 rings (SSSR count). The fourth-order valence-electron chi connectivity index (χ4n) is 3.36. The molecule has 4 aliphatic rings. The van der Waals surface area contributed by atoms with Gasteiger partial charge in [0.1, 0.15) is 0 Å². The maximum Gasteiger partial charge on any atom is 0.309 e. The summed E-state index contributed by atoms with van der Waals surface area (Å²) >= 11 is 0. The van der Waals surface area contributed by atoms with Crippen LogP contribution in [0.25, 0.3) is 0 Å². The maximum absolute atomic E-state index is 12.0. The number of hydrogen-bond donors (Lipinski definition) is 0. The molecule has 102 valence electrons. The van der Waals surface area contributed by atoms with Crippen LogP contribution in [0.4, 0.5) is 0 Å². The molecule has 0 spiro atoms. The van der Waals surface area contributed by atoms with Crippen molar-refractivity contribution in [3.05, 3.63) is 0 Å². The summed E-state index contributed by atoms with van der Waals surface area (Å²) in [5.74, 6) is 0.539. The monoisotopic (exact) mass is 254 g/mol. The molecule has 3 saturated heterocycles. The SMILES string of the molecule is CC1CC(C(=O)OCC2CC3CC(C2)O3)CCO1. The third-order valence-electron chi connectivity index (χ3n) is 4.38. The van der Waals surface area contributed by atoms with E-state index in [4.69, 9.17) is 14.2 Å². The van der Waals surface area contributed by atoms with E-state index in [0.29, 0.717) is 31.3 Å². The first-order chi connectivity index (χ1) is 8.70. The minimum atomic E-state index is -0.0229. The van der Waals surface area contributed by atoms with Gasteiger partial charge in [0.2, 0.25) is 0 Å². The Labute approximate surface area is 108 Å². The van der Waals surface area contributed by atoms with Gasteiger partial charge in [0.25, 0.3) is 0 Å². The van der Waals surface area contributed by atoms with Gasteiger partial charge < -0.3 is 14.2 Å². The normalized spacial score (nSPS) is 43.1.